The van der Waals surface area contributed by atoms with Crippen LogP contribution in [0.4, 0.5) is 5.69 Å². The number of aromatic amines is 1. The lowest BCUT2D eigenvalue weighted by Gasteiger charge is -2.10. The Bertz CT molecular complexity index is 925. The Hall–Kier alpha value is -2.80. The van der Waals surface area contributed by atoms with E-state index in [1.54, 1.807) is 18.2 Å². The molecule has 0 aliphatic carbocycles. The van der Waals surface area contributed by atoms with Crippen LogP contribution in [0.15, 0.2) is 53.7 Å². The first-order valence-electron chi connectivity index (χ1n) is 7.97. The van der Waals surface area contributed by atoms with Gasteiger partial charge in [-0.15, -0.1) is 5.10 Å². The summed E-state index contributed by atoms with van der Waals surface area (Å²) in [5.74, 6) is 0.583. The molecule has 7 heteroatoms. The highest BCUT2D eigenvalue weighted by Crippen LogP contribution is 2.32. The lowest BCUT2D eigenvalue weighted by atomic mass is 10.1. The fourth-order valence-electron chi connectivity index (χ4n) is 2.82. The van der Waals surface area contributed by atoms with Crippen LogP contribution in [0, 0.1) is 0 Å². The maximum absolute atomic E-state index is 12.5. The molecule has 1 amide bonds. The van der Waals surface area contributed by atoms with E-state index >= 15 is 0 Å². The van der Waals surface area contributed by atoms with Gasteiger partial charge >= 0.3 is 0 Å². The molecule has 0 bridgehead atoms. The molecule has 3 aromatic rings. The zero-order valence-electron chi connectivity index (χ0n) is 13.3. The fraction of sp³-hybridized carbons (Fsp3) is 0.167. The summed E-state index contributed by atoms with van der Waals surface area (Å²) in [7, 11) is 0. The summed E-state index contributed by atoms with van der Waals surface area (Å²) in [6.07, 6.45) is 1.54. The molecule has 1 aliphatic rings. The molecule has 0 saturated carbocycles. The predicted molar refractivity (Wildman–Crippen MR) is 96.5 cm³/mol. The summed E-state index contributed by atoms with van der Waals surface area (Å²) in [5.41, 5.74) is 2.60. The van der Waals surface area contributed by atoms with Crippen LogP contribution in [0.1, 0.15) is 12.0 Å². The van der Waals surface area contributed by atoms with Crippen LogP contribution < -0.4 is 5.32 Å². The van der Waals surface area contributed by atoms with Crippen LogP contribution in [-0.2, 0) is 11.2 Å². The van der Waals surface area contributed by atoms with Crippen LogP contribution >= 0.6 is 11.8 Å². The van der Waals surface area contributed by atoms with Gasteiger partial charge < -0.3 is 10.4 Å². The number of anilines is 1. The van der Waals surface area contributed by atoms with E-state index in [4.69, 9.17) is 0 Å². The van der Waals surface area contributed by atoms with Crippen LogP contribution in [0.2, 0.25) is 0 Å². The first kappa shape index (κ1) is 15.7. The number of nitrogens with zero attached hydrogens (tertiary/aromatic N) is 2. The molecule has 0 radical (unpaired) electrons. The normalized spacial score (nSPS) is 16.8. The molecular weight excluding hydrogens is 336 g/mol. The van der Waals surface area contributed by atoms with Crippen LogP contribution in [0.3, 0.4) is 0 Å². The highest BCUT2D eigenvalue weighted by molar-refractivity contribution is 8.00. The van der Waals surface area contributed by atoms with Crippen LogP contribution in [0.25, 0.3) is 11.4 Å². The summed E-state index contributed by atoms with van der Waals surface area (Å²) in [5, 5.41) is 20.1. The highest BCUT2D eigenvalue weighted by Gasteiger charge is 2.26. The van der Waals surface area contributed by atoms with Gasteiger partial charge in [-0.25, -0.2) is 4.98 Å². The number of carbonyl (C=O) groups is 1. The molecule has 3 N–H and O–H groups in total. The predicted octanol–water partition coefficient (Wildman–Crippen LogP) is 3.22. The van der Waals surface area contributed by atoms with Crippen molar-refractivity contribution in [3.05, 3.63) is 54.1 Å². The highest BCUT2D eigenvalue weighted by atomic mass is 32.2. The molecule has 0 fully saturated rings. The SMILES string of the molecule is O=C1Nc2ccccc2CCC1Sc1n[nH]c(-c2ccccc2O)n1. The van der Waals surface area contributed by atoms with Gasteiger partial charge in [0.05, 0.1) is 10.8 Å². The van der Waals surface area contributed by atoms with Crippen LogP contribution in [0.5, 0.6) is 5.75 Å². The van der Waals surface area contributed by atoms with E-state index in [-0.39, 0.29) is 16.9 Å². The summed E-state index contributed by atoms with van der Waals surface area (Å²) in [6.45, 7) is 0. The van der Waals surface area contributed by atoms with Gasteiger partial charge in [-0.2, -0.15) is 0 Å². The number of H-pyrrole nitrogens is 1. The third kappa shape index (κ3) is 3.23. The van der Waals surface area contributed by atoms with E-state index in [2.05, 4.69) is 20.5 Å². The largest absolute Gasteiger partial charge is 0.507 e. The Balaban J connectivity index is 1.52. The number of aromatic hydroxyl groups is 1. The van der Waals surface area contributed by atoms with Gasteiger partial charge in [0.1, 0.15) is 5.75 Å². The fourth-order valence-corrected chi connectivity index (χ4v) is 3.72. The topological polar surface area (TPSA) is 90.9 Å². The number of aryl methyl sites for hydroxylation is 1. The maximum Gasteiger partial charge on any atom is 0.237 e. The van der Waals surface area contributed by atoms with Gasteiger partial charge in [0.2, 0.25) is 11.1 Å². The van der Waals surface area contributed by atoms with Gasteiger partial charge in [-0.3, -0.25) is 9.89 Å². The Labute approximate surface area is 148 Å². The third-order valence-electron chi connectivity index (χ3n) is 4.12. The number of carbonyl (C=O) groups excluding carboxylic acids is 1. The monoisotopic (exact) mass is 352 g/mol. The zero-order valence-corrected chi connectivity index (χ0v) is 14.1. The average Bonchev–Trinajstić information content (AvgIpc) is 3.01. The van der Waals surface area contributed by atoms with Crippen molar-refractivity contribution in [1.82, 2.24) is 15.2 Å². The van der Waals surface area contributed by atoms with E-state index in [1.165, 1.54) is 11.8 Å². The maximum atomic E-state index is 12.5. The van der Waals surface area contributed by atoms with E-state index < -0.39 is 0 Å². The van der Waals surface area contributed by atoms with Gasteiger partial charge in [-0.05, 0) is 36.6 Å². The number of aromatic nitrogens is 3. The minimum atomic E-state index is -0.263. The van der Waals surface area contributed by atoms with Crippen molar-refractivity contribution in [2.75, 3.05) is 5.32 Å². The van der Waals surface area contributed by atoms with Gasteiger partial charge in [0.25, 0.3) is 0 Å². The van der Waals surface area contributed by atoms with Crippen molar-refractivity contribution in [2.45, 2.75) is 23.2 Å². The Kier molecular flexibility index (Phi) is 4.15. The lowest BCUT2D eigenvalue weighted by molar-refractivity contribution is -0.115. The average molecular weight is 352 g/mol. The summed E-state index contributed by atoms with van der Waals surface area (Å²) in [4.78, 5) is 16.9. The number of hydrogen-bond donors (Lipinski definition) is 3. The van der Waals surface area contributed by atoms with Crippen molar-refractivity contribution in [2.24, 2.45) is 0 Å². The molecule has 4 rings (SSSR count). The van der Waals surface area contributed by atoms with Gasteiger partial charge in [0.15, 0.2) is 5.82 Å². The van der Waals surface area contributed by atoms with Crippen molar-refractivity contribution >= 4 is 23.4 Å². The smallest absolute Gasteiger partial charge is 0.237 e. The number of benzene rings is 2. The van der Waals surface area contributed by atoms with Crippen LogP contribution in [-0.4, -0.2) is 31.4 Å². The minimum absolute atomic E-state index is 0.0381. The van der Waals surface area contributed by atoms with E-state index in [9.17, 15) is 9.90 Å². The number of amides is 1. The molecule has 1 unspecified atom stereocenters. The quantitative estimate of drug-likeness (QED) is 0.673. The van der Waals surface area contributed by atoms with Crippen molar-refractivity contribution in [3.8, 4) is 17.1 Å². The van der Waals surface area contributed by atoms with Gasteiger partial charge in [0, 0.05) is 5.69 Å². The number of rotatable bonds is 3. The molecule has 0 saturated heterocycles. The second-order valence-corrected chi connectivity index (χ2v) is 6.95. The number of fused-ring (bicyclic) bond motifs is 1. The summed E-state index contributed by atoms with van der Waals surface area (Å²) in [6, 6.07) is 14.8. The number of para-hydroxylation sites is 2. The Morgan fingerprint density at radius 3 is 2.80 bits per heavy atom. The van der Waals surface area contributed by atoms with E-state index in [0.717, 1.165) is 17.7 Å². The number of hydrogen-bond acceptors (Lipinski definition) is 5. The first-order chi connectivity index (χ1) is 12.2. The Morgan fingerprint density at radius 2 is 1.92 bits per heavy atom. The molecule has 126 valence electrons. The van der Waals surface area contributed by atoms with E-state index in [0.29, 0.717) is 23.0 Å². The molecule has 2 heterocycles. The lowest BCUT2D eigenvalue weighted by Crippen LogP contribution is -2.23. The second kappa shape index (κ2) is 6.60. The first-order valence-corrected chi connectivity index (χ1v) is 8.85. The van der Waals surface area contributed by atoms with Crippen molar-refractivity contribution in [1.29, 1.82) is 0 Å². The van der Waals surface area contributed by atoms with Gasteiger partial charge in [-0.1, -0.05) is 42.1 Å². The Morgan fingerprint density at radius 1 is 1.12 bits per heavy atom. The molecule has 2 aromatic carbocycles. The third-order valence-corrected chi connectivity index (χ3v) is 5.24. The second-order valence-electron chi connectivity index (χ2n) is 5.78. The number of phenols is 1. The molecule has 25 heavy (non-hydrogen) atoms. The molecule has 1 aliphatic heterocycles. The number of thioether (sulfide) groups is 1. The molecule has 1 aromatic heterocycles. The van der Waals surface area contributed by atoms with Crippen molar-refractivity contribution < 1.29 is 9.90 Å². The summed E-state index contributed by atoms with van der Waals surface area (Å²) < 4.78 is 0. The van der Waals surface area contributed by atoms with E-state index in [1.807, 2.05) is 30.3 Å². The zero-order chi connectivity index (χ0) is 17.2. The minimum Gasteiger partial charge on any atom is -0.507 e. The standard InChI is InChI=1S/C18H16N4O2S/c23-14-8-4-2-6-12(14)16-20-18(22-21-16)25-15-10-9-11-5-1-3-7-13(11)19-17(15)24/h1-8,15,23H,9-10H2,(H,19,24)(H,20,21,22). The van der Waals surface area contributed by atoms with Crippen molar-refractivity contribution in [3.63, 3.8) is 0 Å². The molecular formula is C18H16N4O2S. The number of nitrogens with one attached hydrogen (secondary N) is 2. The number of phenolic OH excluding ortho intramolecular Hbond substituents is 1. The molecule has 0 spiro atoms. The molecule has 1 atom stereocenters. The molecule has 6 nitrogen and oxygen atoms in total. The summed E-state index contributed by atoms with van der Waals surface area (Å²) >= 11 is 1.33.